The van der Waals surface area contributed by atoms with E-state index in [0.29, 0.717) is 0 Å². The maximum absolute atomic E-state index is 14.8. The van der Waals surface area contributed by atoms with Crippen LogP contribution in [-0.2, 0) is 11.3 Å². The van der Waals surface area contributed by atoms with Crippen molar-refractivity contribution in [2.24, 2.45) is 0 Å². The number of carboxylic acid groups (broad SMARTS) is 1. The van der Waals surface area contributed by atoms with E-state index in [0.717, 1.165) is 38.2 Å². The third-order valence-electron chi connectivity index (χ3n) is 5.40. The molecule has 1 aromatic heterocycles. The Morgan fingerprint density at radius 2 is 1.94 bits per heavy atom. The van der Waals surface area contributed by atoms with Crippen molar-refractivity contribution in [3.8, 4) is 0 Å². The molecule has 1 amide bonds. The van der Waals surface area contributed by atoms with Gasteiger partial charge in [-0.15, -0.1) is 0 Å². The van der Waals surface area contributed by atoms with Crippen LogP contribution in [0, 0.1) is 5.82 Å². The highest BCUT2D eigenvalue weighted by Gasteiger charge is 2.21. The van der Waals surface area contributed by atoms with Gasteiger partial charge in [-0.2, -0.15) is 0 Å². The Balaban J connectivity index is 2.07. The first-order valence-corrected chi connectivity index (χ1v) is 10.2. The summed E-state index contributed by atoms with van der Waals surface area (Å²) < 4.78 is 16.2. The fourth-order valence-corrected chi connectivity index (χ4v) is 3.84. The molecule has 9 nitrogen and oxygen atoms in total. The summed E-state index contributed by atoms with van der Waals surface area (Å²) in [5.74, 6) is -2.85. The van der Waals surface area contributed by atoms with Gasteiger partial charge < -0.3 is 30.5 Å². The summed E-state index contributed by atoms with van der Waals surface area (Å²) in [7, 11) is 0. The molecule has 1 fully saturated rings. The van der Waals surface area contributed by atoms with Gasteiger partial charge in [0.25, 0.3) is 5.91 Å². The number of aromatic nitrogens is 1. The number of carbonyl (C=O) groups excluding carboxylic acids is 1. The lowest BCUT2D eigenvalue weighted by atomic mass is 9.95. The Morgan fingerprint density at radius 3 is 2.58 bits per heavy atom. The van der Waals surface area contributed by atoms with Crippen molar-refractivity contribution in [2.75, 3.05) is 18.5 Å². The van der Waals surface area contributed by atoms with Gasteiger partial charge in [0.2, 0.25) is 5.43 Å². The highest BCUT2D eigenvalue weighted by Crippen LogP contribution is 2.26. The quantitative estimate of drug-likeness (QED) is 0.417. The van der Waals surface area contributed by atoms with Crippen LogP contribution in [0.25, 0.3) is 10.9 Å². The Morgan fingerprint density at radius 1 is 1.23 bits per heavy atom. The van der Waals surface area contributed by atoms with Gasteiger partial charge in [-0.1, -0.05) is 19.3 Å². The van der Waals surface area contributed by atoms with Gasteiger partial charge in [-0.05, 0) is 25.0 Å². The zero-order valence-corrected chi connectivity index (χ0v) is 16.9. The van der Waals surface area contributed by atoms with Crippen LogP contribution in [0.1, 0.15) is 42.5 Å². The third-order valence-corrected chi connectivity index (χ3v) is 5.40. The highest BCUT2D eigenvalue weighted by atomic mass is 19.1. The summed E-state index contributed by atoms with van der Waals surface area (Å²) >= 11 is 0. The number of carboxylic acids is 1. The molecule has 1 aliphatic carbocycles. The number of pyridine rings is 1. The molecule has 0 saturated heterocycles. The molecule has 1 saturated carbocycles. The minimum atomic E-state index is -1.28. The lowest BCUT2D eigenvalue weighted by Gasteiger charge is -2.24. The fraction of sp³-hybridized carbons (Fsp3) is 0.476. The molecule has 0 radical (unpaired) electrons. The minimum absolute atomic E-state index is 0.0835. The molecule has 10 heteroatoms. The molecule has 0 spiro atoms. The van der Waals surface area contributed by atoms with Gasteiger partial charge in [0.15, 0.2) is 0 Å². The van der Waals surface area contributed by atoms with Crippen LogP contribution in [0.3, 0.4) is 0 Å². The third kappa shape index (κ3) is 5.39. The number of anilines is 1. The number of amides is 1. The number of nitrogens with one attached hydrogen (secondary N) is 2. The number of halogens is 1. The lowest BCUT2D eigenvalue weighted by Crippen LogP contribution is -2.34. The van der Waals surface area contributed by atoms with E-state index in [1.807, 2.05) is 0 Å². The van der Waals surface area contributed by atoms with E-state index < -0.39 is 42.4 Å². The van der Waals surface area contributed by atoms with Crippen molar-refractivity contribution < 1.29 is 29.3 Å². The Hall–Kier alpha value is -2.98. The van der Waals surface area contributed by atoms with E-state index in [2.05, 4.69) is 10.6 Å². The number of fused-ring (bicyclic) bond motifs is 1. The Labute approximate surface area is 177 Å². The average molecular weight is 435 g/mol. The molecule has 168 valence electrons. The zero-order chi connectivity index (χ0) is 22.5. The summed E-state index contributed by atoms with van der Waals surface area (Å²) in [4.78, 5) is 35.9. The molecule has 31 heavy (non-hydrogen) atoms. The van der Waals surface area contributed by atoms with E-state index in [9.17, 15) is 29.0 Å². The van der Waals surface area contributed by atoms with Crippen molar-refractivity contribution >= 4 is 28.5 Å². The minimum Gasteiger partial charge on any atom is -0.480 e. The smallest absolute Gasteiger partial charge is 0.322 e. The maximum atomic E-state index is 14.8. The van der Waals surface area contributed by atoms with Crippen LogP contribution in [0.5, 0.6) is 0 Å². The first kappa shape index (κ1) is 22.7. The SMILES string of the molecule is O=C(O)CNC(=O)c1cn(CC(O)CO)c2cc(NC3CCCCC3)c(F)cc2c1=O. The average Bonchev–Trinajstić information content (AvgIpc) is 2.75. The van der Waals surface area contributed by atoms with Crippen molar-refractivity contribution in [1.82, 2.24) is 9.88 Å². The van der Waals surface area contributed by atoms with Gasteiger partial charge >= 0.3 is 5.97 Å². The van der Waals surface area contributed by atoms with E-state index in [1.54, 1.807) is 0 Å². The van der Waals surface area contributed by atoms with Crippen molar-refractivity contribution in [3.05, 3.63) is 39.9 Å². The second kappa shape index (κ2) is 9.88. The van der Waals surface area contributed by atoms with E-state index in [1.165, 1.54) is 16.8 Å². The molecule has 0 bridgehead atoms. The maximum Gasteiger partial charge on any atom is 0.322 e. The highest BCUT2D eigenvalue weighted by molar-refractivity contribution is 5.98. The molecule has 3 rings (SSSR count). The van der Waals surface area contributed by atoms with Crippen LogP contribution >= 0.6 is 0 Å². The van der Waals surface area contributed by atoms with Crippen LogP contribution < -0.4 is 16.1 Å². The number of rotatable bonds is 8. The van der Waals surface area contributed by atoms with Crippen LogP contribution in [0.15, 0.2) is 23.1 Å². The van der Waals surface area contributed by atoms with Crippen molar-refractivity contribution in [2.45, 2.75) is 50.8 Å². The Kier molecular flexibility index (Phi) is 7.24. The summed E-state index contributed by atoms with van der Waals surface area (Å²) in [6, 6.07) is 2.62. The number of nitrogens with zero attached hydrogens (tertiary/aromatic N) is 1. The van der Waals surface area contributed by atoms with Crippen molar-refractivity contribution in [3.63, 3.8) is 0 Å². The van der Waals surface area contributed by atoms with Gasteiger partial charge in [-0.3, -0.25) is 14.4 Å². The monoisotopic (exact) mass is 435 g/mol. The molecule has 1 unspecified atom stereocenters. The molecular formula is C21H26FN3O6. The zero-order valence-electron chi connectivity index (χ0n) is 16.9. The molecule has 2 aromatic rings. The number of carbonyl (C=O) groups is 2. The number of aliphatic hydroxyl groups is 2. The van der Waals surface area contributed by atoms with Crippen molar-refractivity contribution in [1.29, 1.82) is 0 Å². The number of hydrogen-bond donors (Lipinski definition) is 5. The molecule has 0 aliphatic heterocycles. The fourth-order valence-electron chi connectivity index (χ4n) is 3.84. The summed E-state index contributed by atoms with van der Waals surface area (Å²) in [5, 5.41) is 33.1. The molecule has 1 aromatic carbocycles. The van der Waals surface area contributed by atoms with E-state index in [4.69, 9.17) is 5.11 Å². The Bertz CT molecular complexity index is 1030. The van der Waals surface area contributed by atoms with Gasteiger partial charge in [0.05, 0.1) is 30.5 Å². The first-order chi connectivity index (χ1) is 14.8. The molecule has 5 N–H and O–H groups in total. The number of hydrogen-bond acceptors (Lipinski definition) is 6. The molecule has 1 atom stereocenters. The summed E-state index contributed by atoms with van der Waals surface area (Å²) in [6.45, 7) is -1.39. The van der Waals surface area contributed by atoms with Gasteiger partial charge in [0.1, 0.15) is 17.9 Å². The van der Waals surface area contributed by atoms with Crippen LogP contribution in [-0.4, -0.2) is 57.1 Å². The second-order valence-electron chi connectivity index (χ2n) is 7.77. The number of aliphatic hydroxyl groups excluding tert-OH is 2. The van der Waals surface area contributed by atoms with Gasteiger partial charge in [0, 0.05) is 17.6 Å². The summed E-state index contributed by atoms with van der Waals surface area (Å²) in [5.41, 5.74) is -0.636. The van der Waals surface area contributed by atoms with E-state index >= 15 is 0 Å². The first-order valence-electron chi connectivity index (χ1n) is 10.2. The molecular weight excluding hydrogens is 409 g/mol. The second-order valence-corrected chi connectivity index (χ2v) is 7.77. The number of aliphatic carboxylic acids is 1. The standard InChI is InChI=1S/C21H26FN3O6/c22-16-6-14-18(7-17(16)24-12-4-2-1-3-5-12)25(9-13(27)11-26)10-15(20(14)30)21(31)23-8-19(28)29/h6-7,10,12-13,24,26-27H,1-5,8-9,11H2,(H,23,31)(H,28,29). The summed E-state index contributed by atoms with van der Waals surface area (Å²) in [6.07, 6.45) is 5.07. The number of benzene rings is 1. The predicted octanol–water partition coefficient (Wildman–Crippen LogP) is 1.05. The van der Waals surface area contributed by atoms with Crippen LogP contribution in [0.4, 0.5) is 10.1 Å². The molecule has 1 heterocycles. The van der Waals surface area contributed by atoms with E-state index in [-0.39, 0.29) is 34.7 Å². The van der Waals surface area contributed by atoms with Gasteiger partial charge in [-0.25, -0.2) is 4.39 Å². The predicted molar refractivity (Wildman–Crippen MR) is 112 cm³/mol. The van der Waals surface area contributed by atoms with Crippen LogP contribution in [0.2, 0.25) is 0 Å². The largest absolute Gasteiger partial charge is 0.480 e. The lowest BCUT2D eigenvalue weighted by molar-refractivity contribution is -0.135. The normalized spacial score (nSPS) is 15.6. The topological polar surface area (TPSA) is 141 Å². The molecule has 1 aliphatic rings.